The lowest BCUT2D eigenvalue weighted by Crippen LogP contribution is -2.30. The van der Waals surface area contributed by atoms with E-state index >= 15 is 0 Å². The quantitative estimate of drug-likeness (QED) is 0.483. The van der Waals surface area contributed by atoms with Gasteiger partial charge in [-0.05, 0) is 37.1 Å². The van der Waals surface area contributed by atoms with Crippen LogP contribution in [0.4, 0.5) is 4.39 Å². The van der Waals surface area contributed by atoms with Gasteiger partial charge in [0.2, 0.25) is 0 Å². The molecule has 1 aromatic carbocycles. The number of hydrazine groups is 1. The number of carbonyl (C=O) groups excluding carboxylic acids is 1. The van der Waals surface area contributed by atoms with Gasteiger partial charge in [0.25, 0.3) is 5.91 Å². The predicted molar refractivity (Wildman–Crippen MR) is 67.1 cm³/mol. The number of amides is 1. The zero-order valence-corrected chi connectivity index (χ0v) is 10.4. The van der Waals surface area contributed by atoms with E-state index in [2.05, 4.69) is 17.2 Å². The third kappa shape index (κ3) is 2.86. The Labute approximate surface area is 106 Å². The number of nitrogens with zero attached hydrogens (tertiary/aromatic N) is 1. The molecular formula is C13H18FN3O. The SMILES string of the molecule is CC1CCN(Cc2cc(C(=O)NN)ccc2F)C1. The molecule has 5 heteroatoms. The average molecular weight is 251 g/mol. The van der Waals surface area contributed by atoms with Crippen LogP contribution >= 0.6 is 0 Å². The van der Waals surface area contributed by atoms with Crippen LogP contribution in [0.5, 0.6) is 0 Å². The summed E-state index contributed by atoms with van der Waals surface area (Å²) >= 11 is 0. The average Bonchev–Trinajstić information content (AvgIpc) is 2.76. The lowest BCUT2D eigenvalue weighted by molar-refractivity contribution is 0.0953. The molecule has 3 N–H and O–H groups in total. The summed E-state index contributed by atoms with van der Waals surface area (Å²) in [7, 11) is 0. The van der Waals surface area contributed by atoms with E-state index in [4.69, 9.17) is 5.84 Å². The molecule has 0 saturated carbocycles. The Hall–Kier alpha value is -1.46. The van der Waals surface area contributed by atoms with Crippen LogP contribution in [0.15, 0.2) is 18.2 Å². The minimum atomic E-state index is -0.397. The molecule has 0 aromatic heterocycles. The molecule has 1 amide bonds. The zero-order chi connectivity index (χ0) is 13.1. The highest BCUT2D eigenvalue weighted by Gasteiger charge is 2.20. The molecule has 18 heavy (non-hydrogen) atoms. The van der Waals surface area contributed by atoms with Crippen LogP contribution in [-0.4, -0.2) is 23.9 Å². The van der Waals surface area contributed by atoms with Gasteiger partial charge in [0.15, 0.2) is 0 Å². The molecule has 4 nitrogen and oxygen atoms in total. The summed E-state index contributed by atoms with van der Waals surface area (Å²) in [4.78, 5) is 13.6. The van der Waals surface area contributed by atoms with Crippen molar-refractivity contribution < 1.29 is 9.18 Å². The number of hydrogen-bond donors (Lipinski definition) is 2. The Morgan fingerprint density at radius 1 is 1.61 bits per heavy atom. The third-order valence-corrected chi connectivity index (χ3v) is 3.34. The van der Waals surface area contributed by atoms with Crippen LogP contribution in [0.3, 0.4) is 0 Å². The van der Waals surface area contributed by atoms with Crippen molar-refractivity contribution in [3.8, 4) is 0 Å². The zero-order valence-electron chi connectivity index (χ0n) is 10.4. The maximum absolute atomic E-state index is 13.7. The van der Waals surface area contributed by atoms with Crippen molar-refractivity contribution in [3.63, 3.8) is 0 Å². The molecule has 0 bridgehead atoms. The smallest absolute Gasteiger partial charge is 0.265 e. The minimum Gasteiger partial charge on any atom is -0.299 e. The highest BCUT2D eigenvalue weighted by atomic mass is 19.1. The Balaban J connectivity index is 2.13. The molecule has 1 unspecified atom stereocenters. The van der Waals surface area contributed by atoms with Crippen molar-refractivity contribution in [2.75, 3.05) is 13.1 Å². The first-order valence-corrected chi connectivity index (χ1v) is 6.12. The third-order valence-electron chi connectivity index (χ3n) is 3.34. The lowest BCUT2D eigenvalue weighted by Gasteiger charge is -2.16. The van der Waals surface area contributed by atoms with Crippen LogP contribution < -0.4 is 11.3 Å². The van der Waals surface area contributed by atoms with Crippen molar-refractivity contribution in [3.05, 3.63) is 35.1 Å². The molecule has 0 radical (unpaired) electrons. The minimum absolute atomic E-state index is 0.275. The fourth-order valence-corrected chi connectivity index (χ4v) is 2.33. The Morgan fingerprint density at radius 3 is 3.00 bits per heavy atom. The van der Waals surface area contributed by atoms with Crippen molar-refractivity contribution in [1.82, 2.24) is 10.3 Å². The first-order chi connectivity index (χ1) is 8.60. The standard InChI is InChI=1S/C13H18FN3O/c1-9-4-5-17(7-9)8-11-6-10(13(18)16-15)2-3-12(11)14/h2-3,6,9H,4-5,7-8,15H2,1H3,(H,16,18). The molecule has 2 rings (SSSR count). The molecule has 0 spiro atoms. The van der Waals surface area contributed by atoms with E-state index in [0.29, 0.717) is 23.6 Å². The molecule has 1 aliphatic rings. The Morgan fingerprint density at radius 2 is 2.39 bits per heavy atom. The summed E-state index contributed by atoms with van der Waals surface area (Å²) in [5.41, 5.74) is 2.99. The largest absolute Gasteiger partial charge is 0.299 e. The summed E-state index contributed by atoms with van der Waals surface area (Å²) < 4.78 is 13.7. The predicted octanol–water partition coefficient (Wildman–Crippen LogP) is 1.27. The van der Waals surface area contributed by atoms with E-state index in [1.165, 1.54) is 12.1 Å². The van der Waals surface area contributed by atoms with Crippen molar-refractivity contribution >= 4 is 5.91 Å². The van der Waals surface area contributed by atoms with Crippen molar-refractivity contribution in [2.45, 2.75) is 19.9 Å². The molecule has 0 aliphatic carbocycles. The normalized spacial score (nSPS) is 20.1. The summed E-state index contributed by atoms with van der Waals surface area (Å²) in [5, 5.41) is 0. The number of carbonyl (C=O) groups is 1. The van der Waals surface area contributed by atoms with Gasteiger partial charge >= 0.3 is 0 Å². The molecular weight excluding hydrogens is 233 g/mol. The van der Waals surface area contributed by atoms with Crippen LogP contribution in [0.2, 0.25) is 0 Å². The van der Waals surface area contributed by atoms with E-state index in [0.717, 1.165) is 19.5 Å². The Kier molecular flexibility index (Phi) is 3.93. The number of halogens is 1. The van der Waals surface area contributed by atoms with E-state index in [1.807, 2.05) is 0 Å². The van der Waals surface area contributed by atoms with E-state index in [9.17, 15) is 9.18 Å². The first kappa shape index (κ1) is 13.0. The maximum atomic E-state index is 13.7. The summed E-state index contributed by atoms with van der Waals surface area (Å²) in [6, 6.07) is 4.33. The summed E-state index contributed by atoms with van der Waals surface area (Å²) in [5.74, 6) is 5.05. The van der Waals surface area contributed by atoms with Gasteiger partial charge in [-0.3, -0.25) is 15.1 Å². The summed E-state index contributed by atoms with van der Waals surface area (Å²) in [6.07, 6.45) is 1.14. The van der Waals surface area contributed by atoms with Crippen molar-refractivity contribution in [2.24, 2.45) is 11.8 Å². The number of likely N-dealkylation sites (tertiary alicyclic amines) is 1. The molecule has 1 atom stereocenters. The van der Waals surface area contributed by atoms with Crippen LogP contribution in [-0.2, 0) is 6.54 Å². The number of nitrogens with two attached hydrogens (primary N) is 1. The van der Waals surface area contributed by atoms with Gasteiger partial charge in [-0.2, -0.15) is 0 Å². The lowest BCUT2D eigenvalue weighted by atomic mass is 10.1. The van der Waals surface area contributed by atoms with Gasteiger partial charge in [-0.15, -0.1) is 0 Å². The maximum Gasteiger partial charge on any atom is 0.265 e. The van der Waals surface area contributed by atoms with E-state index in [1.54, 1.807) is 6.07 Å². The number of hydrogen-bond acceptors (Lipinski definition) is 3. The number of rotatable bonds is 3. The molecule has 1 saturated heterocycles. The van der Waals surface area contributed by atoms with Crippen LogP contribution in [0, 0.1) is 11.7 Å². The van der Waals surface area contributed by atoms with Gasteiger partial charge in [0, 0.05) is 24.2 Å². The van der Waals surface area contributed by atoms with Gasteiger partial charge in [0.05, 0.1) is 0 Å². The molecule has 1 aliphatic heterocycles. The van der Waals surface area contributed by atoms with Gasteiger partial charge < -0.3 is 0 Å². The number of benzene rings is 1. The molecule has 1 heterocycles. The fraction of sp³-hybridized carbons (Fsp3) is 0.462. The van der Waals surface area contributed by atoms with E-state index < -0.39 is 5.91 Å². The second-order valence-electron chi connectivity index (χ2n) is 4.91. The van der Waals surface area contributed by atoms with Crippen LogP contribution in [0.25, 0.3) is 0 Å². The number of nitrogens with one attached hydrogen (secondary N) is 1. The molecule has 1 fully saturated rings. The molecule has 1 aromatic rings. The monoisotopic (exact) mass is 251 g/mol. The van der Waals surface area contributed by atoms with Crippen molar-refractivity contribution in [1.29, 1.82) is 0 Å². The topological polar surface area (TPSA) is 58.4 Å². The first-order valence-electron chi connectivity index (χ1n) is 6.12. The fourth-order valence-electron chi connectivity index (χ4n) is 2.33. The molecule has 98 valence electrons. The second-order valence-corrected chi connectivity index (χ2v) is 4.91. The van der Waals surface area contributed by atoms with Gasteiger partial charge in [-0.25, -0.2) is 10.2 Å². The highest BCUT2D eigenvalue weighted by Crippen LogP contribution is 2.20. The highest BCUT2D eigenvalue weighted by molar-refractivity contribution is 5.93. The van der Waals surface area contributed by atoms with E-state index in [-0.39, 0.29) is 5.82 Å². The number of nitrogen functional groups attached to an aromatic ring is 1. The second kappa shape index (κ2) is 5.46. The van der Waals surface area contributed by atoms with Gasteiger partial charge in [-0.1, -0.05) is 6.92 Å². The van der Waals surface area contributed by atoms with Gasteiger partial charge in [0.1, 0.15) is 5.82 Å². The summed E-state index contributed by atoms with van der Waals surface area (Å²) in [6.45, 7) is 4.69. The Bertz CT molecular complexity index is 450. The van der Waals surface area contributed by atoms with Crippen LogP contribution in [0.1, 0.15) is 29.3 Å².